The zero-order valence-corrected chi connectivity index (χ0v) is 17.5. The standard InChI is InChI=1S/C22H24N4O5/c1-22(2,3)30-20(28)24-17(13-14-7-5-4-6-8-14)19(27)23-16-11-9-15(10-12-16)18-25-21(29)31-26-18/h4-12,17H,13H2,1-3H3,(H,23,27)(H,24,28)(H,25,26,29)/t17-/m0/s1. The summed E-state index contributed by atoms with van der Waals surface area (Å²) in [5.41, 5.74) is 1.35. The van der Waals surface area contributed by atoms with Gasteiger partial charge in [-0.05, 0) is 50.6 Å². The molecule has 162 valence electrons. The number of hydrogen-bond donors (Lipinski definition) is 3. The number of H-pyrrole nitrogens is 1. The van der Waals surface area contributed by atoms with Crippen LogP contribution in [-0.2, 0) is 16.0 Å². The molecule has 2 amide bonds. The lowest BCUT2D eigenvalue weighted by molar-refractivity contribution is -0.118. The molecule has 0 aliphatic rings. The van der Waals surface area contributed by atoms with E-state index < -0.39 is 29.4 Å². The van der Waals surface area contributed by atoms with E-state index >= 15 is 0 Å². The van der Waals surface area contributed by atoms with Crippen LogP contribution in [0, 0.1) is 0 Å². The fraction of sp³-hybridized carbons (Fsp3) is 0.273. The molecule has 2 aromatic carbocycles. The number of benzene rings is 2. The number of amides is 2. The van der Waals surface area contributed by atoms with Crippen LogP contribution in [0.5, 0.6) is 0 Å². The molecule has 1 atom stereocenters. The largest absolute Gasteiger partial charge is 0.460 e. The highest BCUT2D eigenvalue weighted by Gasteiger charge is 2.25. The van der Waals surface area contributed by atoms with Crippen LogP contribution in [0.25, 0.3) is 11.4 Å². The Hall–Kier alpha value is -3.88. The summed E-state index contributed by atoms with van der Waals surface area (Å²) in [6, 6.07) is 15.2. The van der Waals surface area contributed by atoms with Crippen molar-refractivity contribution in [1.29, 1.82) is 0 Å². The van der Waals surface area contributed by atoms with Crippen molar-refractivity contribution in [2.45, 2.75) is 38.8 Å². The molecule has 3 N–H and O–H groups in total. The van der Waals surface area contributed by atoms with Gasteiger partial charge in [0.1, 0.15) is 11.6 Å². The van der Waals surface area contributed by atoms with Crippen LogP contribution in [0.4, 0.5) is 10.5 Å². The van der Waals surface area contributed by atoms with E-state index in [1.54, 1.807) is 45.0 Å². The van der Waals surface area contributed by atoms with Crippen LogP contribution >= 0.6 is 0 Å². The van der Waals surface area contributed by atoms with Gasteiger partial charge in [-0.25, -0.2) is 9.59 Å². The second kappa shape index (κ2) is 9.29. The smallest absolute Gasteiger partial charge is 0.444 e. The molecule has 31 heavy (non-hydrogen) atoms. The highest BCUT2D eigenvalue weighted by molar-refractivity contribution is 5.96. The molecule has 0 aliphatic heterocycles. The van der Waals surface area contributed by atoms with E-state index in [0.29, 0.717) is 17.7 Å². The SMILES string of the molecule is CC(C)(C)OC(=O)N[C@@H](Cc1ccccc1)C(=O)Nc1ccc(-c2nc(=O)o[nH]2)cc1. The average molecular weight is 424 g/mol. The van der Waals surface area contributed by atoms with Gasteiger partial charge in [-0.15, -0.1) is 0 Å². The lowest BCUT2D eigenvalue weighted by Crippen LogP contribution is -2.47. The van der Waals surface area contributed by atoms with Gasteiger partial charge < -0.3 is 19.9 Å². The first-order chi connectivity index (χ1) is 14.7. The van der Waals surface area contributed by atoms with Gasteiger partial charge in [-0.1, -0.05) is 30.3 Å². The Morgan fingerprint density at radius 2 is 1.77 bits per heavy atom. The van der Waals surface area contributed by atoms with Crippen molar-refractivity contribution in [3.8, 4) is 11.4 Å². The van der Waals surface area contributed by atoms with Crippen LogP contribution in [0.15, 0.2) is 63.9 Å². The maximum atomic E-state index is 12.9. The third-order valence-corrected chi connectivity index (χ3v) is 4.15. The number of nitrogens with one attached hydrogen (secondary N) is 3. The third-order valence-electron chi connectivity index (χ3n) is 4.15. The number of carbonyl (C=O) groups excluding carboxylic acids is 2. The molecule has 1 heterocycles. The normalized spacial score (nSPS) is 12.1. The Kier molecular flexibility index (Phi) is 6.54. The average Bonchev–Trinajstić information content (AvgIpc) is 3.14. The minimum atomic E-state index is -0.844. The first-order valence-corrected chi connectivity index (χ1v) is 9.70. The zero-order valence-electron chi connectivity index (χ0n) is 17.5. The van der Waals surface area contributed by atoms with E-state index in [0.717, 1.165) is 5.56 Å². The van der Waals surface area contributed by atoms with Gasteiger partial charge in [-0.2, -0.15) is 10.1 Å². The van der Waals surface area contributed by atoms with E-state index in [2.05, 4.69) is 25.3 Å². The minimum Gasteiger partial charge on any atom is -0.444 e. The number of hydrogen-bond acceptors (Lipinski definition) is 6. The van der Waals surface area contributed by atoms with E-state index in [4.69, 9.17) is 4.74 Å². The second-order valence-electron chi connectivity index (χ2n) is 7.89. The number of anilines is 1. The van der Waals surface area contributed by atoms with Crippen molar-refractivity contribution in [2.24, 2.45) is 0 Å². The summed E-state index contributed by atoms with van der Waals surface area (Å²) in [5, 5.41) is 7.86. The summed E-state index contributed by atoms with van der Waals surface area (Å²) in [6.45, 7) is 5.26. The molecule has 0 saturated heterocycles. The van der Waals surface area contributed by atoms with Crippen LogP contribution < -0.4 is 16.4 Å². The Bertz CT molecular complexity index is 1080. The number of alkyl carbamates (subject to hydrolysis) is 1. The Morgan fingerprint density at radius 1 is 1.10 bits per heavy atom. The molecule has 0 radical (unpaired) electrons. The molecule has 9 nitrogen and oxygen atoms in total. The Labute approximate surface area is 178 Å². The summed E-state index contributed by atoms with van der Waals surface area (Å²) in [7, 11) is 0. The number of rotatable bonds is 6. The fourth-order valence-corrected chi connectivity index (χ4v) is 2.80. The quantitative estimate of drug-likeness (QED) is 0.558. The van der Waals surface area contributed by atoms with E-state index in [1.165, 1.54) is 0 Å². The Balaban J connectivity index is 1.72. The highest BCUT2D eigenvalue weighted by Crippen LogP contribution is 2.17. The second-order valence-corrected chi connectivity index (χ2v) is 7.89. The first-order valence-electron chi connectivity index (χ1n) is 9.70. The lowest BCUT2D eigenvalue weighted by atomic mass is 10.1. The van der Waals surface area contributed by atoms with Gasteiger partial charge in [0, 0.05) is 17.7 Å². The summed E-state index contributed by atoms with van der Waals surface area (Å²) in [5.74, 6) is -0.821. The van der Waals surface area contributed by atoms with Crippen molar-refractivity contribution in [3.05, 3.63) is 70.7 Å². The van der Waals surface area contributed by atoms with Gasteiger partial charge >= 0.3 is 11.8 Å². The van der Waals surface area contributed by atoms with Gasteiger partial charge in [0.05, 0.1) is 0 Å². The van der Waals surface area contributed by atoms with Gasteiger partial charge in [-0.3, -0.25) is 4.79 Å². The van der Waals surface area contributed by atoms with Gasteiger partial charge in [0.25, 0.3) is 0 Å². The number of aromatic nitrogens is 2. The van der Waals surface area contributed by atoms with Crippen molar-refractivity contribution < 1.29 is 18.8 Å². The molecule has 0 bridgehead atoms. The highest BCUT2D eigenvalue weighted by atomic mass is 16.6. The number of aromatic amines is 1. The topological polar surface area (TPSA) is 126 Å². The van der Waals surface area contributed by atoms with Crippen LogP contribution in [0.1, 0.15) is 26.3 Å². The number of ether oxygens (including phenoxy) is 1. The maximum absolute atomic E-state index is 12.9. The van der Waals surface area contributed by atoms with Crippen molar-refractivity contribution in [2.75, 3.05) is 5.32 Å². The van der Waals surface area contributed by atoms with Gasteiger partial charge in [0.15, 0.2) is 5.82 Å². The molecule has 0 spiro atoms. The van der Waals surface area contributed by atoms with E-state index in [1.807, 2.05) is 30.3 Å². The first kappa shape index (κ1) is 21.8. The van der Waals surface area contributed by atoms with Gasteiger partial charge in [0.2, 0.25) is 5.91 Å². The fourth-order valence-electron chi connectivity index (χ4n) is 2.80. The molecule has 0 fully saturated rings. The number of carbonyl (C=O) groups is 2. The van der Waals surface area contributed by atoms with E-state index in [9.17, 15) is 14.4 Å². The predicted octanol–water partition coefficient (Wildman–Crippen LogP) is 3.10. The lowest BCUT2D eigenvalue weighted by Gasteiger charge is -2.23. The predicted molar refractivity (Wildman–Crippen MR) is 114 cm³/mol. The number of nitrogens with zero attached hydrogens (tertiary/aromatic N) is 1. The van der Waals surface area contributed by atoms with E-state index in [-0.39, 0.29) is 5.82 Å². The van der Waals surface area contributed by atoms with Crippen molar-refractivity contribution in [3.63, 3.8) is 0 Å². The molecule has 0 aliphatic carbocycles. The monoisotopic (exact) mass is 424 g/mol. The molecule has 0 unspecified atom stereocenters. The maximum Gasteiger partial charge on any atom is 0.460 e. The minimum absolute atomic E-state index is 0.288. The zero-order chi connectivity index (χ0) is 22.4. The summed E-state index contributed by atoms with van der Waals surface area (Å²) in [6.07, 6.45) is -0.376. The van der Waals surface area contributed by atoms with Crippen molar-refractivity contribution in [1.82, 2.24) is 15.5 Å². The van der Waals surface area contributed by atoms with Crippen molar-refractivity contribution >= 4 is 17.7 Å². The van der Waals surface area contributed by atoms with Crippen LogP contribution in [0.2, 0.25) is 0 Å². The summed E-state index contributed by atoms with van der Waals surface area (Å²) in [4.78, 5) is 39.9. The summed E-state index contributed by atoms with van der Waals surface area (Å²) >= 11 is 0. The molecular weight excluding hydrogens is 400 g/mol. The summed E-state index contributed by atoms with van der Waals surface area (Å²) < 4.78 is 9.86. The third kappa shape index (κ3) is 6.56. The Morgan fingerprint density at radius 3 is 2.35 bits per heavy atom. The molecule has 3 rings (SSSR count). The van der Waals surface area contributed by atoms with Crippen LogP contribution in [-0.4, -0.2) is 33.8 Å². The molecular formula is C22H24N4O5. The molecule has 3 aromatic rings. The molecule has 0 saturated carbocycles. The molecule has 9 heteroatoms. The van der Waals surface area contributed by atoms with Crippen LogP contribution in [0.3, 0.4) is 0 Å². The molecule has 1 aromatic heterocycles.